The molecule has 0 unspecified atom stereocenters. The molecule has 0 radical (unpaired) electrons. The molecule has 0 bridgehead atoms. The van der Waals surface area contributed by atoms with Crippen LogP contribution in [0.4, 0.5) is 0 Å². The summed E-state index contributed by atoms with van der Waals surface area (Å²) in [6, 6.07) is 21.1. The van der Waals surface area contributed by atoms with E-state index in [1.54, 1.807) is 12.1 Å². The van der Waals surface area contributed by atoms with Crippen LogP contribution in [0.5, 0.6) is 5.75 Å². The van der Waals surface area contributed by atoms with E-state index < -0.39 is 0 Å². The summed E-state index contributed by atoms with van der Waals surface area (Å²) in [5.41, 5.74) is 1.25. The molecule has 1 aliphatic heterocycles. The predicted octanol–water partition coefficient (Wildman–Crippen LogP) is 4.91. The number of benzene rings is 2. The van der Waals surface area contributed by atoms with Gasteiger partial charge in [0.15, 0.2) is 5.76 Å². The summed E-state index contributed by atoms with van der Waals surface area (Å²) in [5.74, 6) is 1.55. The summed E-state index contributed by atoms with van der Waals surface area (Å²) < 4.78 is 11.3. The Bertz CT molecular complexity index is 948. The van der Waals surface area contributed by atoms with Gasteiger partial charge >= 0.3 is 0 Å². The van der Waals surface area contributed by atoms with Crippen LogP contribution in [0.25, 0.3) is 0 Å². The van der Waals surface area contributed by atoms with Gasteiger partial charge in [-0.1, -0.05) is 41.9 Å². The SMILES string of the molecule is O=C(NC1CCN(Cc2ccc(Cl)cc2)CC1)c1ccc(COc2ccccc2)o1. The Labute approximate surface area is 181 Å². The Morgan fingerprint density at radius 1 is 1.03 bits per heavy atom. The Morgan fingerprint density at radius 2 is 1.77 bits per heavy atom. The van der Waals surface area contributed by atoms with Crippen LogP contribution in [-0.2, 0) is 13.2 Å². The topological polar surface area (TPSA) is 54.7 Å². The number of rotatable bonds is 7. The normalized spacial score (nSPS) is 15.1. The van der Waals surface area contributed by atoms with Crippen molar-refractivity contribution in [3.63, 3.8) is 0 Å². The number of furan rings is 1. The quantitative estimate of drug-likeness (QED) is 0.585. The van der Waals surface area contributed by atoms with E-state index in [-0.39, 0.29) is 11.9 Å². The lowest BCUT2D eigenvalue weighted by Crippen LogP contribution is -2.44. The average Bonchev–Trinajstić information content (AvgIpc) is 3.25. The maximum Gasteiger partial charge on any atom is 0.287 e. The van der Waals surface area contributed by atoms with Crippen molar-refractivity contribution >= 4 is 17.5 Å². The van der Waals surface area contributed by atoms with Crippen LogP contribution in [0.15, 0.2) is 71.1 Å². The number of amides is 1. The number of ether oxygens (including phenoxy) is 1. The molecule has 2 heterocycles. The zero-order valence-electron chi connectivity index (χ0n) is 16.7. The Kier molecular flexibility index (Phi) is 6.72. The van der Waals surface area contributed by atoms with Gasteiger partial charge in [0.2, 0.25) is 0 Å². The van der Waals surface area contributed by atoms with Gasteiger partial charge in [0, 0.05) is 30.7 Å². The number of nitrogens with zero attached hydrogens (tertiary/aromatic N) is 1. The summed E-state index contributed by atoms with van der Waals surface area (Å²) >= 11 is 5.95. The van der Waals surface area contributed by atoms with E-state index in [1.807, 2.05) is 42.5 Å². The highest BCUT2D eigenvalue weighted by molar-refractivity contribution is 6.30. The lowest BCUT2D eigenvalue weighted by atomic mass is 10.0. The highest BCUT2D eigenvalue weighted by atomic mass is 35.5. The fraction of sp³-hybridized carbons (Fsp3) is 0.292. The number of piperidine rings is 1. The number of carbonyl (C=O) groups excluding carboxylic acids is 1. The molecular weight excluding hydrogens is 400 g/mol. The van der Waals surface area contributed by atoms with Gasteiger partial charge < -0.3 is 14.5 Å². The zero-order valence-corrected chi connectivity index (χ0v) is 17.5. The smallest absolute Gasteiger partial charge is 0.287 e. The van der Waals surface area contributed by atoms with Gasteiger partial charge in [-0.2, -0.15) is 0 Å². The van der Waals surface area contributed by atoms with Crippen molar-refractivity contribution in [1.29, 1.82) is 0 Å². The molecular formula is C24H25ClN2O3. The van der Waals surface area contributed by atoms with Crippen LogP contribution in [0.1, 0.15) is 34.7 Å². The van der Waals surface area contributed by atoms with E-state index in [9.17, 15) is 4.79 Å². The minimum absolute atomic E-state index is 0.160. The van der Waals surface area contributed by atoms with Crippen LogP contribution in [0.3, 0.4) is 0 Å². The van der Waals surface area contributed by atoms with E-state index in [2.05, 4.69) is 22.3 Å². The molecule has 1 N–H and O–H groups in total. The van der Waals surface area contributed by atoms with Crippen molar-refractivity contribution in [3.05, 3.63) is 88.8 Å². The summed E-state index contributed by atoms with van der Waals surface area (Å²) in [4.78, 5) is 14.9. The number of para-hydroxylation sites is 1. The standard InChI is InChI=1S/C24H25ClN2O3/c25-19-8-6-18(7-9-19)16-27-14-12-20(13-15-27)26-24(28)23-11-10-22(30-23)17-29-21-4-2-1-3-5-21/h1-11,20H,12-17H2,(H,26,28). The molecule has 4 rings (SSSR count). The predicted molar refractivity (Wildman–Crippen MR) is 117 cm³/mol. The largest absolute Gasteiger partial charge is 0.486 e. The van der Waals surface area contributed by atoms with Crippen LogP contribution < -0.4 is 10.1 Å². The molecule has 1 saturated heterocycles. The minimum atomic E-state index is -0.169. The molecule has 2 aromatic carbocycles. The monoisotopic (exact) mass is 424 g/mol. The molecule has 1 aromatic heterocycles. The summed E-state index contributed by atoms with van der Waals surface area (Å²) in [7, 11) is 0. The molecule has 1 fully saturated rings. The van der Waals surface area contributed by atoms with Gasteiger partial charge in [-0.05, 0) is 54.8 Å². The molecule has 0 spiro atoms. The van der Waals surface area contributed by atoms with E-state index in [0.717, 1.165) is 43.2 Å². The first-order valence-corrected chi connectivity index (χ1v) is 10.6. The summed E-state index contributed by atoms with van der Waals surface area (Å²) in [5, 5.41) is 3.85. The van der Waals surface area contributed by atoms with Gasteiger partial charge in [-0.15, -0.1) is 0 Å². The van der Waals surface area contributed by atoms with E-state index in [4.69, 9.17) is 20.8 Å². The highest BCUT2D eigenvalue weighted by Crippen LogP contribution is 2.17. The molecule has 30 heavy (non-hydrogen) atoms. The Balaban J connectivity index is 1.22. The minimum Gasteiger partial charge on any atom is -0.486 e. The van der Waals surface area contributed by atoms with Crippen molar-refractivity contribution in [3.8, 4) is 5.75 Å². The van der Waals surface area contributed by atoms with E-state index in [1.165, 1.54) is 5.56 Å². The summed E-state index contributed by atoms with van der Waals surface area (Å²) in [6.07, 6.45) is 1.84. The Hall–Kier alpha value is -2.76. The number of carbonyl (C=O) groups is 1. The van der Waals surface area contributed by atoms with Crippen molar-refractivity contribution in [1.82, 2.24) is 10.2 Å². The lowest BCUT2D eigenvalue weighted by Gasteiger charge is -2.32. The number of nitrogens with one attached hydrogen (secondary N) is 1. The third-order valence-corrected chi connectivity index (χ3v) is 5.50. The number of hydrogen-bond donors (Lipinski definition) is 1. The number of halogens is 1. The zero-order chi connectivity index (χ0) is 20.8. The van der Waals surface area contributed by atoms with Crippen molar-refractivity contribution in [2.75, 3.05) is 13.1 Å². The molecule has 5 nitrogen and oxygen atoms in total. The maximum atomic E-state index is 12.5. The lowest BCUT2D eigenvalue weighted by molar-refractivity contribution is 0.0877. The molecule has 3 aromatic rings. The van der Waals surface area contributed by atoms with Gasteiger partial charge in [0.25, 0.3) is 5.91 Å². The molecule has 1 aliphatic rings. The second-order valence-electron chi connectivity index (χ2n) is 7.52. The number of likely N-dealkylation sites (tertiary alicyclic amines) is 1. The van der Waals surface area contributed by atoms with Gasteiger partial charge in [0.1, 0.15) is 18.1 Å². The van der Waals surface area contributed by atoms with Crippen LogP contribution >= 0.6 is 11.6 Å². The van der Waals surface area contributed by atoms with Crippen LogP contribution in [0, 0.1) is 0 Å². The van der Waals surface area contributed by atoms with Gasteiger partial charge in [-0.25, -0.2) is 0 Å². The van der Waals surface area contributed by atoms with Crippen molar-refractivity contribution in [2.45, 2.75) is 32.0 Å². The average molecular weight is 425 g/mol. The van der Waals surface area contributed by atoms with E-state index >= 15 is 0 Å². The fourth-order valence-corrected chi connectivity index (χ4v) is 3.71. The first kappa shape index (κ1) is 20.5. The second kappa shape index (κ2) is 9.83. The van der Waals surface area contributed by atoms with Crippen LogP contribution in [-0.4, -0.2) is 29.9 Å². The Morgan fingerprint density at radius 3 is 2.50 bits per heavy atom. The second-order valence-corrected chi connectivity index (χ2v) is 7.95. The molecule has 1 amide bonds. The molecule has 0 aliphatic carbocycles. The fourth-order valence-electron chi connectivity index (χ4n) is 3.59. The van der Waals surface area contributed by atoms with Gasteiger partial charge in [0.05, 0.1) is 0 Å². The van der Waals surface area contributed by atoms with Gasteiger partial charge in [-0.3, -0.25) is 9.69 Å². The summed E-state index contributed by atoms with van der Waals surface area (Å²) in [6.45, 7) is 3.09. The maximum absolute atomic E-state index is 12.5. The number of hydrogen-bond acceptors (Lipinski definition) is 4. The van der Waals surface area contributed by atoms with Crippen molar-refractivity contribution in [2.24, 2.45) is 0 Å². The highest BCUT2D eigenvalue weighted by Gasteiger charge is 2.22. The molecule has 0 atom stereocenters. The molecule has 0 saturated carbocycles. The third-order valence-electron chi connectivity index (χ3n) is 5.25. The van der Waals surface area contributed by atoms with Crippen molar-refractivity contribution < 1.29 is 13.9 Å². The molecule has 6 heteroatoms. The first-order valence-electron chi connectivity index (χ1n) is 10.2. The third kappa shape index (κ3) is 5.65. The van der Waals surface area contributed by atoms with Crippen LogP contribution in [0.2, 0.25) is 5.02 Å². The first-order chi connectivity index (χ1) is 14.7. The molecule has 156 valence electrons. The van der Waals surface area contributed by atoms with E-state index in [0.29, 0.717) is 18.1 Å².